The smallest absolute Gasteiger partial charge is 0.257 e. The van der Waals surface area contributed by atoms with E-state index in [9.17, 15) is 9.59 Å². The SMILES string of the molecule is O=C(Cc1csc(NC(=O)c2ccccc2)n1)NOC1CCCCO1. The highest BCUT2D eigenvalue weighted by Crippen LogP contribution is 2.17. The molecule has 1 aliphatic rings. The molecule has 1 atom stereocenters. The van der Waals surface area contributed by atoms with Gasteiger partial charge in [0.1, 0.15) is 0 Å². The van der Waals surface area contributed by atoms with Crippen molar-refractivity contribution >= 4 is 28.3 Å². The summed E-state index contributed by atoms with van der Waals surface area (Å²) >= 11 is 1.27. The minimum atomic E-state index is -0.381. The minimum absolute atomic E-state index is 0.0738. The molecule has 1 unspecified atom stereocenters. The van der Waals surface area contributed by atoms with Gasteiger partial charge in [0.15, 0.2) is 11.4 Å². The van der Waals surface area contributed by atoms with Crippen molar-refractivity contribution in [1.29, 1.82) is 0 Å². The number of nitrogens with one attached hydrogen (secondary N) is 2. The number of nitrogens with zero attached hydrogens (tertiary/aromatic N) is 1. The Morgan fingerprint density at radius 1 is 1.28 bits per heavy atom. The topological polar surface area (TPSA) is 89.6 Å². The Morgan fingerprint density at radius 2 is 2.12 bits per heavy atom. The number of benzene rings is 1. The Labute approximate surface area is 149 Å². The molecule has 8 heteroatoms. The van der Waals surface area contributed by atoms with Crippen LogP contribution in [0.1, 0.15) is 35.3 Å². The first-order valence-electron chi connectivity index (χ1n) is 8.07. The maximum Gasteiger partial charge on any atom is 0.257 e. The average molecular weight is 361 g/mol. The zero-order valence-electron chi connectivity index (χ0n) is 13.6. The molecule has 2 amide bonds. The van der Waals surface area contributed by atoms with Crippen molar-refractivity contribution in [2.75, 3.05) is 11.9 Å². The van der Waals surface area contributed by atoms with Gasteiger partial charge in [-0.15, -0.1) is 11.3 Å². The molecule has 1 aromatic carbocycles. The average Bonchev–Trinajstić information content (AvgIpc) is 3.08. The third-order valence-electron chi connectivity index (χ3n) is 3.59. The highest BCUT2D eigenvalue weighted by Gasteiger charge is 2.16. The van der Waals surface area contributed by atoms with E-state index in [2.05, 4.69) is 15.8 Å². The molecule has 2 heterocycles. The van der Waals surface area contributed by atoms with Crippen molar-refractivity contribution in [1.82, 2.24) is 10.5 Å². The number of rotatable bonds is 6. The zero-order chi connectivity index (χ0) is 17.5. The first-order chi connectivity index (χ1) is 12.2. The van der Waals surface area contributed by atoms with Crippen LogP contribution in [0.3, 0.4) is 0 Å². The van der Waals surface area contributed by atoms with E-state index in [1.165, 1.54) is 11.3 Å². The normalized spacial score (nSPS) is 17.0. The highest BCUT2D eigenvalue weighted by atomic mass is 32.1. The number of anilines is 1. The van der Waals surface area contributed by atoms with Crippen LogP contribution in [0.15, 0.2) is 35.7 Å². The van der Waals surface area contributed by atoms with E-state index in [1.807, 2.05) is 6.07 Å². The molecule has 0 aliphatic carbocycles. The van der Waals surface area contributed by atoms with Crippen molar-refractivity contribution in [3.8, 4) is 0 Å². The van der Waals surface area contributed by atoms with Gasteiger partial charge >= 0.3 is 0 Å². The van der Waals surface area contributed by atoms with Crippen molar-refractivity contribution < 1.29 is 19.2 Å². The lowest BCUT2D eigenvalue weighted by Crippen LogP contribution is -2.33. The molecule has 2 aromatic rings. The number of hydroxylamine groups is 1. The van der Waals surface area contributed by atoms with Crippen molar-refractivity contribution in [3.63, 3.8) is 0 Å². The summed E-state index contributed by atoms with van der Waals surface area (Å²) in [6, 6.07) is 8.88. The third kappa shape index (κ3) is 5.35. The quantitative estimate of drug-likeness (QED) is 0.772. The van der Waals surface area contributed by atoms with Crippen LogP contribution in [-0.4, -0.2) is 29.7 Å². The molecule has 25 heavy (non-hydrogen) atoms. The van der Waals surface area contributed by atoms with E-state index in [4.69, 9.17) is 9.57 Å². The molecule has 1 aliphatic heterocycles. The Balaban J connectivity index is 1.46. The van der Waals surface area contributed by atoms with Crippen LogP contribution in [0.25, 0.3) is 0 Å². The number of hydrogen-bond acceptors (Lipinski definition) is 6. The minimum Gasteiger partial charge on any atom is -0.350 e. The predicted octanol–water partition coefficient (Wildman–Crippen LogP) is 2.51. The number of amides is 2. The summed E-state index contributed by atoms with van der Waals surface area (Å²) < 4.78 is 5.37. The predicted molar refractivity (Wildman–Crippen MR) is 93.0 cm³/mol. The molecule has 2 N–H and O–H groups in total. The second kappa shape index (κ2) is 8.70. The number of aromatic nitrogens is 1. The van der Waals surface area contributed by atoms with Gasteiger partial charge in [0.2, 0.25) is 5.91 Å². The zero-order valence-corrected chi connectivity index (χ0v) is 14.4. The Hall–Kier alpha value is -2.29. The summed E-state index contributed by atoms with van der Waals surface area (Å²) in [4.78, 5) is 33.4. The number of hydrogen-bond donors (Lipinski definition) is 2. The molecule has 1 fully saturated rings. The molecule has 132 valence electrons. The van der Waals surface area contributed by atoms with E-state index in [-0.39, 0.29) is 24.5 Å². The summed E-state index contributed by atoms with van der Waals surface area (Å²) in [5.41, 5.74) is 3.51. The number of ether oxygens (including phenoxy) is 1. The fourth-order valence-corrected chi connectivity index (χ4v) is 3.05. The lowest BCUT2D eigenvalue weighted by molar-refractivity contribution is -0.200. The second-order valence-electron chi connectivity index (χ2n) is 5.58. The van der Waals surface area contributed by atoms with Gasteiger partial charge in [0.05, 0.1) is 12.1 Å². The van der Waals surface area contributed by atoms with Crippen LogP contribution in [0.5, 0.6) is 0 Å². The monoisotopic (exact) mass is 361 g/mol. The van der Waals surface area contributed by atoms with Crippen molar-refractivity contribution in [2.24, 2.45) is 0 Å². The summed E-state index contributed by atoms with van der Waals surface area (Å²) in [6.45, 7) is 0.650. The largest absolute Gasteiger partial charge is 0.350 e. The molecule has 3 rings (SSSR count). The van der Waals surface area contributed by atoms with Crippen LogP contribution in [-0.2, 0) is 20.8 Å². The van der Waals surface area contributed by atoms with Gasteiger partial charge in [-0.1, -0.05) is 18.2 Å². The lowest BCUT2D eigenvalue weighted by Gasteiger charge is -2.21. The van der Waals surface area contributed by atoms with Gasteiger partial charge in [-0.3, -0.25) is 14.9 Å². The van der Waals surface area contributed by atoms with E-state index in [0.717, 1.165) is 19.3 Å². The van der Waals surface area contributed by atoms with E-state index in [0.29, 0.717) is 23.0 Å². The number of carbonyl (C=O) groups is 2. The maximum atomic E-state index is 12.1. The molecule has 0 bridgehead atoms. The maximum absolute atomic E-state index is 12.1. The van der Waals surface area contributed by atoms with Gasteiger partial charge in [-0.25, -0.2) is 15.3 Å². The van der Waals surface area contributed by atoms with Gasteiger partial charge in [0, 0.05) is 24.0 Å². The van der Waals surface area contributed by atoms with Gasteiger partial charge in [-0.05, 0) is 25.0 Å². The second-order valence-corrected chi connectivity index (χ2v) is 6.44. The number of thiazole rings is 1. The van der Waals surface area contributed by atoms with Crippen LogP contribution in [0.4, 0.5) is 5.13 Å². The summed E-state index contributed by atoms with van der Waals surface area (Å²) in [6.07, 6.45) is 2.51. The number of carbonyl (C=O) groups excluding carboxylic acids is 2. The van der Waals surface area contributed by atoms with E-state index < -0.39 is 0 Å². The fourth-order valence-electron chi connectivity index (χ4n) is 2.34. The lowest BCUT2D eigenvalue weighted by atomic mass is 10.2. The highest BCUT2D eigenvalue weighted by molar-refractivity contribution is 7.14. The van der Waals surface area contributed by atoms with E-state index in [1.54, 1.807) is 29.6 Å². The standard InChI is InChI=1S/C17H19N3O4S/c21-14(20-24-15-8-4-5-9-23-15)10-13-11-25-17(18-13)19-16(22)12-6-2-1-3-7-12/h1-3,6-7,11,15H,4-5,8-10H2,(H,20,21)(H,18,19,22). The van der Waals surface area contributed by atoms with Crippen LogP contribution in [0, 0.1) is 0 Å². The van der Waals surface area contributed by atoms with Gasteiger partial charge in [-0.2, -0.15) is 0 Å². The molecule has 0 saturated carbocycles. The Morgan fingerprint density at radius 3 is 2.88 bits per heavy atom. The van der Waals surface area contributed by atoms with E-state index >= 15 is 0 Å². The molecule has 1 aromatic heterocycles. The van der Waals surface area contributed by atoms with Crippen LogP contribution < -0.4 is 10.8 Å². The molecule has 0 spiro atoms. The van der Waals surface area contributed by atoms with Gasteiger partial charge in [0.25, 0.3) is 5.91 Å². The fraction of sp³-hybridized carbons (Fsp3) is 0.353. The first kappa shape index (κ1) is 17.5. The van der Waals surface area contributed by atoms with Crippen LogP contribution in [0.2, 0.25) is 0 Å². The molecule has 1 saturated heterocycles. The van der Waals surface area contributed by atoms with Gasteiger partial charge < -0.3 is 4.74 Å². The summed E-state index contributed by atoms with van der Waals surface area (Å²) in [7, 11) is 0. The summed E-state index contributed by atoms with van der Waals surface area (Å²) in [5, 5.41) is 4.91. The van der Waals surface area contributed by atoms with Crippen molar-refractivity contribution in [3.05, 3.63) is 47.0 Å². The Kier molecular flexibility index (Phi) is 6.10. The molecule has 0 radical (unpaired) electrons. The van der Waals surface area contributed by atoms with Crippen molar-refractivity contribution in [2.45, 2.75) is 32.0 Å². The molecular formula is C17H19N3O4S. The first-order valence-corrected chi connectivity index (χ1v) is 8.95. The Bertz CT molecular complexity index is 714. The summed E-state index contributed by atoms with van der Waals surface area (Å²) in [5.74, 6) is -0.538. The third-order valence-corrected chi connectivity index (χ3v) is 4.40. The molecular weight excluding hydrogens is 342 g/mol. The van der Waals surface area contributed by atoms with Crippen LogP contribution >= 0.6 is 11.3 Å². The molecule has 7 nitrogen and oxygen atoms in total.